The fourth-order valence-corrected chi connectivity index (χ4v) is 3.64. The third-order valence-corrected chi connectivity index (χ3v) is 5.22. The molecule has 26 heavy (non-hydrogen) atoms. The van der Waals surface area contributed by atoms with Gasteiger partial charge in [0.05, 0.1) is 0 Å². The molecule has 1 heterocycles. The van der Waals surface area contributed by atoms with Gasteiger partial charge in [-0.05, 0) is 55.7 Å². The highest BCUT2D eigenvalue weighted by Gasteiger charge is 2.14. The van der Waals surface area contributed by atoms with Crippen LogP contribution >= 0.6 is 35.7 Å². The summed E-state index contributed by atoms with van der Waals surface area (Å²) in [6.45, 7) is 8.33. The summed E-state index contributed by atoms with van der Waals surface area (Å²) >= 11 is 1.92. The molecular weight excluding hydrogens is 455 g/mol. The lowest BCUT2D eigenvalue weighted by Crippen LogP contribution is -2.38. The molecule has 4 nitrogen and oxygen atoms in total. The van der Waals surface area contributed by atoms with Crippen molar-refractivity contribution in [2.24, 2.45) is 4.99 Å². The van der Waals surface area contributed by atoms with E-state index in [1.807, 2.05) is 11.8 Å². The molecular formula is C20H35IN4S. The fourth-order valence-electron chi connectivity index (χ4n) is 3.15. The quantitative estimate of drug-likeness (QED) is 0.227. The Hall–Kier alpha value is -0.470. The van der Waals surface area contributed by atoms with Crippen molar-refractivity contribution in [1.29, 1.82) is 0 Å². The molecule has 1 aliphatic rings. The van der Waals surface area contributed by atoms with E-state index in [0.29, 0.717) is 0 Å². The number of fused-ring (bicyclic) bond motifs is 1. The van der Waals surface area contributed by atoms with Gasteiger partial charge in [-0.2, -0.15) is 11.8 Å². The van der Waals surface area contributed by atoms with Crippen molar-refractivity contribution in [1.82, 2.24) is 15.5 Å². The third-order valence-electron chi connectivity index (χ3n) is 4.52. The normalized spacial score (nSPS) is 14.5. The first-order valence-corrected chi connectivity index (χ1v) is 11.0. The zero-order valence-electron chi connectivity index (χ0n) is 16.3. The Morgan fingerprint density at radius 1 is 1.15 bits per heavy atom. The van der Waals surface area contributed by atoms with Crippen LogP contribution in [0.15, 0.2) is 29.3 Å². The molecule has 0 bridgehead atoms. The van der Waals surface area contributed by atoms with Crippen LogP contribution in [0, 0.1) is 0 Å². The summed E-state index contributed by atoms with van der Waals surface area (Å²) in [6.07, 6.45) is 6.94. The number of hydrogen-bond acceptors (Lipinski definition) is 3. The van der Waals surface area contributed by atoms with E-state index < -0.39 is 0 Å². The predicted octanol–water partition coefficient (Wildman–Crippen LogP) is 3.75. The maximum Gasteiger partial charge on any atom is 0.191 e. The first-order valence-electron chi connectivity index (χ1n) is 9.63. The molecule has 0 atom stereocenters. The lowest BCUT2D eigenvalue weighted by molar-refractivity contribution is 0.252. The molecule has 6 heteroatoms. The Bertz CT molecular complexity index is 524. The molecule has 0 unspecified atom stereocenters. The maximum absolute atomic E-state index is 4.72. The van der Waals surface area contributed by atoms with Crippen molar-refractivity contribution in [3.05, 3.63) is 35.4 Å². The van der Waals surface area contributed by atoms with E-state index in [2.05, 4.69) is 53.0 Å². The minimum Gasteiger partial charge on any atom is -0.357 e. The van der Waals surface area contributed by atoms with Crippen LogP contribution in [0.25, 0.3) is 0 Å². The summed E-state index contributed by atoms with van der Waals surface area (Å²) < 4.78 is 0. The number of rotatable bonds is 10. The predicted molar refractivity (Wildman–Crippen MR) is 127 cm³/mol. The van der Waals surface area contributed by atoms with Gasteiger partial charge in [0.15, 0.2) is 5.96 Å². The lowest BCUT2D eigenvalue weighted by atomic mass is 10.00. The van der Waals surface area contributed by atoms with Gasteiger partial charge in [0.1, 0.15) is 0 Å². The molecule has 2 N–H and O–H groups in total. The highest BCUT2D eigenvalue weighted by molar-refractivity contribution is 14.0. The first-order chi connectivity index (χ1) is 12.3. The monoisotopic (exact) mass is 490 g/mol. The molecule has 1 aromatic rings. The highest BCUT2D eigenvalue weighted by atomic mass is 127. The van der Waals surface area contributed by atoms with Gasteiger partial charge in [0.2, 0.25) is 0 Å². The number of guanidine groups is 1. The molecule has 0 spiro atoms. The van der Waals surface area contributed by atoms with Gasteiger partial charge in [0.25, 0.3) is 0 Å². The van der Waals surface area contributed by atoms with Crippen LogP contribution in [-0.2, 0) is 13.0 Å². The lowest BCUT2D eigenvalue weighted by Gasteiger charge is -2.28. The van der Waals surface area contributed by atoms with E-state index in [4.69, 9.17) is 4.99 Å². The van der Waals surface area contributed by atoms with E-state index >= 15 is 0 Å². The van der Waals surface area contributed by atoms with Crippen LogP contribution in [0.4, 0.5) is 0 Å². The molecule has 1 aliphatic heterocycles. The van der Waals surface area contributed by atoms with Gasteiger partial charge in [-0.3, -0.25) is 9.89 Å². The highest BCUT2D eigenvalue weighted by Crippen LogP contribution is 2.18. The van der Waals surface area contributed by atoms with E-state index in [9.17, 15) is 0 Å². The van der Waals surface area contributed by atoms with Gasteiger partial charge in [0, 0.05) is 39.3 Å². The molecule has 0 saturated heterocycles. The minimum atomic E-state index is 0. The SMILES string of the molecule is CCNC(=NCCCN1CCc2ccccc2C1)NCCCCSC.I. The molecule has 2 rings (SSSR count). The van der Waals surface area contributed by atoms with Crippen molar-refractivity contribution in [2.45, 2.75) is 39.2 Å². The van der Waals surface area contributed by atoms with Gasteiger partial charge >= 0.3 is 0 Å². The summed E-state index contributed by atoms with van der Waals surface area (Å²) in [7, 11) is 0. The molecule has 148 valence electrons. The molecule has 0 fully saturated rings. The van der Waals surface area contributed by atoms with Crippen LogP contribution in [0.3, 0.4) is 0 Å². The number of halogens is 1. The Kier molecular flexibility index (Phi) is 13.2. The van der Waals surface area contributed by atoms with Gasteiger partial charge in [-0.1, -0.05) is 24.3 Å². The Morgan fingerprint density at radius 2 is 1.96 bits per heavy atom. The van der Waals surface area contributed by atoms with Crippen LogP contribution < -0.4 is 10.6 Å². The number of unbranched alkanes of at least 4 members (excludes halogenated alkanes) is 1. The number of nitrogens with one attached hydrogen (secondary N) is 2. The Labute approximate surface area is 181 Å². The Balaban J connectivity index is 0.00000338. The summed E-state index contributed by atoms with van der Waals surface area (Å²) in [5, 5.41) is 6.79. The van der Waals surface area contributed by atoms with E-state index in [-0.39, 0.29) is 24.0 Å². The number of benzene rings is 1. The number of nitrogens with zero attached hydrogens (tertiary/aromatic N) is 2. The molecule has 1 aromatic carbocycles. The Morgan fingerprint density at radius 3 is 2.73 bits per heavy atom. The first kappa shape index (κ1) is 23.6. The van der Waals surface area contributed by atoms with Crippen LogP contribution in [0.2, 0.25) is 0 Å². The molecule has 0 saturated carbocycles. The van der Waals surface area contributed by atoms with Crippen molar-refractivity contribution in [3.8, 4) is 0 Å². The number of aliphatic imine (C=N–C) groups is 1. The van der Waals surface area contributed by atoms with Crippen LogP contribution in [0.1, 0.15) is 37.3 Å². The van der Waals surface area contributed by atoms with E-state index in [1.165, 1.54) is 42.7 Å². The summed E-state index contributed by atoms with van der Waals surface area (Å²) in [5.74, 6) is 2.21. The number of thioether (sulfide) groups is 1. The van der Waals surface area contributed by atoms with Crippen molar-refractivity contribution < 1.29 is 0 Å². The van der Waals surface area contributed by atoms with Crippen molar-refractivity contribution in [3.63, 3.8) is 0 Å². The smallest absolute Gasteiger partial charge is 0.191 e. The van der Waals surface area contributed by atoms with Crippen molar-refractivity contribution >= 4 is 41.7 Å². The molecule has 0 amide bonds. The zero-order valence-corrected chi connectivity index (χ0v) is 19.4. The van der Waals surface area contributed by atoms with Gasteiger partial charge in [-0.25, -0.2) is 0 Å². The van der Waals surface area contributed by atoms with Gasteiger partial charge < -0.3 is 10.6 Å². The van der Waals surface area contributed by atoms with Crippen LogP contribution in [-0.4, -0.2) is 55.6 Å². The average molecular weight is 490 g/mol. The fraction of sp³-hybridized carbons (Fsp3) is 0.650. The largest absolute Gasteiger partial charge is 0.357 e. The molecule has 0 radical (unpaired) electrons. The minimum absolute atomic E-state index is 0. The second kappa shape index (κ2) is 14.6. The van der Waals surface area contributed by atoms with Gasteiger partial charge in [-0.15, -0.1) is 24.0 Å². The molecule has 0 aliphatic carbocycles. The zero-order chi connectivity index (χ0) is 17.7. The third kappa shape index (κ3) is 8.95. The summed E-state index contributed by atoms with van der Waals surface area (Å²) in [6, 6.07) is 8.84. The second-order valence-corrected chi connectivity index (χ2v) is 7.52. The van der Waals surface area contributed by atoms with Crippen molar-refractivity contribution in [2.75, 3.05) is 44.7 Å². The maximum atomic E-state index is 4.72. The topological polar surface area (TPSA) is 39.7 Å². The molecule has 0 aromatic heterocycles. The second-order valence-electron chi connectivity index (χ2n) is 6.54. The number of hydrogen-bond donors (Lipinski definition) is 2. The van der Waals surface area contributed by atoms with E-state index in [1.54, 1.807) is 0 Å². The standard InChI is InChI=1S/C20H34N4S.HI/c1-3-21-20(22-12-6-7-16-25-2)23-13-8-14-24-15-11-18-9-4-5-10-19(18)17-24;/h4-5,9-10H,3,6-8,11-17H2,1-2H3,(H2,21,22,23);1H. The summed E-state index contributed by atoms with van der Waals surface area (Å²) in [4.78, 5) is 7.28. The van der Waals surface area contributed by atoms with E-state index in [0.717, 1.165) is 45.1 Å². The van der Waals surface area contributed by atoms with Crippen LogP contribution in [0.5, 0.6) is 0 Å². The average Bonchev–Trinajstić information content (AvgIpc) is 2.64. The summed E-state index contributed by atoms with van der Waals surface area (Å²) in [5.41, 5.74) is 3.02.